The predicted octanol–water partition coefficient (Wildman–Crippen LogP) is 7.21. The molecule has 41 heavy (non-hydrogen) atoms. The Hall–Kier alpha value is -3.49. The number of fused-ring (bicyclic) bond motifs is 1. The third-order valence-corrected chi connectivity index (χ3v) is 6.44. The van der Waals surface area contributed by atoms with Crippen molar-refractivity contribution in [1.29, 1.82) is 0 Å². The fourth-order valence-corrected chi connectivity index (χ4v) is 4.72. The Morgan fingerprint density at radius 1 is 0.902 bits per heavy atom. The monoisotopic (exact) mass is 600 g/mol. The van der Waals surface area contributed by atoms with E-state index in [4.69, 9.17) is 9.47 Å². The maximum Gasteiger partial charge on any atom is 0.416 e. The second-order valence-corrected chi connectivity index (χ2v) is 9.26. The summed E-state index contributed by atoms with van der Waals surface area (Å²) in [6.45, 7) is 1.43. The summed E-state index contributed by atoms with van der Waals surface area (Å²) in [6.07, 6.45) is -16.3. The van der Waals surface area contributed by atoms with Crippen LogP contribution >= 0.6 is 0 Å². The Labute approximate surface area is 228 Å². The van der Waals surface area contributed by atoms with Crippen LogP contribution in [0.2, 0.25) is 0 Å². The Balaban J connectivity index is 2.21. The van der Waals surface area contributed by atoms with E-state index < -0.39 is 71.4 Å². The van der Waals surface area contributed by atoms with Crippen LogP contribution in [0.1, 0.15) is 54.1 Å². The number of rotatable bonds is 6. The van der Waals surface area contributed by atoms with Gasteiger partial charge in [0, 0.05) is 20.6 Å². The lowest BCUT2D eigenvalue weighted by atomic mass is 9.88. The molecular formula is C26H25F9N2O4. The number of anilines is 1. The first-order chi connectivity index (χ1) is 18.9. The normalized spacial score (nSPS) is 17.7. The van der Waals surface area contributed by atoms with Crippen molar-refractivity contribution in [2.75, 3.05) is 25.2 Å². The topological polar surface area (TPSA) is 59.1 Å². The third kappa shape index (κ3) is 7.24. The van der Waals surface area contributed by atoms with E-state index in [9.17, 15) is 49.1 Å². The van der Waals surface area contributed by atoms with Crippen molar-refractivity contribution in [3.05, 3.63) is 64.2 Å². The Kier molecular flexibility index (Phi) is 9.20. The maximum absolute atomic E-state index is 13.7. The summed E-state index contributed by atoms with van der Waals surface area (Å²) in [6, 6.07) is 1.00. The van der Waals surface area contributed by atoms with E-state index in [-0.39, 0.29) is 37.0 Å². The van der Waals surface area contributed by atoms with Crippen LogP contribution in [-0.2, 0) is 39.3 Å². The van der Waals surface area contributed by atoms with E-state index in [1.807, 2.05) is 0 Å². The second kappa shape index (κ2) is 11.8. The van der Waals surface area contributed by atoms with Gasteiger partial charge in [0.2, 0.25) is 5.91 Å². The SMILES string of the molecule is CCOC(=O)N1c2ccc(C(F)(F)F)cc2[C@@H](N(Cc2cc(C(F)(F)F)cc(C(F)(F)F)c2)C(C)=O)C[C@H]1COC. The van der Waals surface area contributed by atoms with Gasteiger partial charge in [-0.05, 0) is 60.9 Å². The summed E-state index contributed by atoms with van der Waals surface area (Å²) in [4.78, 5) is 27.6. The zero-order valence-corrected chi connectivity index (χ0v) is 21.9. The number of nitrogens with zero attached hydrogens (tertiary/aromatic N) is 2. The molecule has 2 atom stereocenters. The average molecular weight is 600 g/mol. The van der Waals surface area contributed by atoms with E-state index >= 15 is 0 Å². The van der Waals surface area contributed by atoms with Crippen molar-refractivity contribution in [2.45, 2.75) is 57.4 Å². The number of amides is 2. The first-order valence-corrected chi connectivity index (χ1v) is 12.1. The maximum atomic E-state index is 13.7. The molecule has 0 fully saturated rings. The Morgan fingerprint density at radius 3 is 1.93 bits per heavy atom. The van der Waals surface area contributed by atoms with Gasteiger partial charge in [-0.3, -0.25) is 9.69 Å². The summed E-state index contributed by atoms with van der Waals surface area (Å²) in [5.74, 6) is -0.843. The van der Waals surface area contributed by atoms with Gasteiger partial charge in [0.05, 0.1) is 47.7 Å². The zero-order valence-electron chi connectivity index (χ0n) is 21.9. The van der Waals surface area contributed by atoms with Gasteiger partial charge in [0.1, 0.15) is 0 Å². The number of ether oxygens (including phenoxy) is 2. The molecule has 0 aromatic heterocycles. The molecule has 15 heteroatoms. The molecule has 0 radical (unpaired) electrons. The molecule has 0 unspecified atom stereocenters. The summed E-state index contributed by atoms with van der Waals surface area (Å²) in [5.41, 5.74) is -5.19. The fraction of sp³-hybridized carbons (Fsp3) is 0.462. The minimum atomic E-state index is -5.15. The molecule has 226 valence electrons. The van der Waals surface area contributed by atoms with Gasteiger partial charge in [-0.1, -0.05) is 0 Å². The largest absolute Gasteiger partial charge is 0.449 e. The molecule has 0 saturated carbocycles. The molecule has 2 aromatic rings. The van der Waals surface area contributed by atoms with Gasteiger partial charge in [0.25, 0.3) is 0 Å². The number of carbonyl (C=O) groups is 2. The quantitative estimate of drug-likeness (QED) is 0.329. The van der Waals surface area contributed by atoms with Crippen molar-refractivity contribution in [3.63, 3.8) is 0 Å². The highest BCUT2D eigenvalue weighted by molar-refractivity contribution is 5.90. The third-order valence-electron chi connectivity index (χ3n) is 6.44. The first-order valence-electron chi connectivity index (χ1n) is 12.1. The molecule has 2 aromatic carbocycles. The van der Waals surface area contributed by atoms with Gasteiger partial charge >= 0.3 is 24.6 Å². The van der Waals surface area contributed by atoms with Gasteiger partial charge in [0.15, 0.2) is 0 Å². The molecule has 6 nitrogen and oxygen atoms in total. The molecule has 0 spiro atoms. The number of hydrogen-bond acceptors (Lipinski definition) is 4. The van der Waals surface area contributed by atoms with Crippen LogP contribution in [0.25, 0.3) is 0 Å². The molecule has 3 rings (SSSR count). The number of methoxy groups -OCH3 is 1. The van der Waals surface area contributed by atoms with Crippen LogP contribution in [0.15, 0.2) is 36.4 Å². The Bertz CT molecular complexity index is 1240. The lowest BCUT2D eigenvalue weighted by Gasteiger charge is -2.44. The molecule has 1 aliphatic heterocycles. The molecule has 1 heterocycles. The molecule has 1 aliphatic rings. The van der Waals surface area contributed by atoms with Crippen LogP contribution in [0.3, 0.4) is 0 Å². The van der Waals surface area contributed by atoms with Crippen LogP contribution in [0, 0.1) is 0 Å². The summed E-state index contributed by atoms with van der Waals surface area (Å²) < 4.78 is 132. The van der Waals surface area contributed by atoms with Crippen LogP contribution in [-0.4, -0.2) is 43.3 Å². The Morgan fingerprint density at radius 2 is 1.46 bits per heavy atom. The van der Waals surface area contributed by atoms with Crippen LogP contribution in [0.5, 0.6) is 0 Å². The van der Waals surface area contributed by atoms with Gasteiger partial charge < -0.3 is 14.4 Å². The van der Waals surface area contributed by atoms with E-state index in [0.717, 1.165) is 22.8 Å². The molecule has 2 amide bonds. The van der Waals surface area contributed by atoms with E-state index in [1.54, 1.807) is 0 Å². The van der Waals surface area contributed by atoms with Gasteiger partial charge in [-0.2, -0.15) is 39.5 Å². The lowest BCUT2D eigenvalue weighted by molar-refractivity contribution is -0.143. The second-order valence-electron chi connectivity index (χ2n) is 9.26. The smallest absolute Gasteiger partial charge is 0.416 e. The summed E-state index contributed by atoms with van der Waals surface area (Å²) >= 11 is 0. The van der Waals surface area contributed by atoms with Crippen LogP contribution < -0.4 is 4.90 Å². The van der Waals surface area contributed by atoms with E-state index in [0.29, 0.717) is 24.3 Å². The zero-order chi connectivity index (χ0) is 30.9. The van der Waals surface area contributed by atoms with E-state index in [1.165, 1.54) is 14.0 Å². The number of hydrogen-bond donors (Lipinski definition) is 0. The highest BCUT2D eigenvalue weighted by Crippen LogP contribution is 2.45. The average Bonchev–Trinajstić information content (AvgIpc) is 2.85. The number of carbonyl (C=O) groups excluding carboxylic acids is 2. The minimum Gasteiger partial charge on any atom is -0.449 e. The predicted molar refractivity (Wildman–Crippen MR) is 127 cm³/mol. The van der Waals surface area contributed by atoms with Crippen molar-refractivity contribution in [2.24, 2.45) is 0 Å². The van der Waals surface area contributed by atoms with Crippen molar-refractivity contribution in [3.8, 4) is 0 Å². The lowest BCUT2D eigenvalue weighted by Crippen LogP contribution is -2.50. The molecule has 0 saturated heterocycles. The van der Waals surface area contributed by atoms with Crippen molar-refractivity contribution < 1.29 is 58.6 Å². The molecule has 0 bridgehead atoms. The van der Waals surface area contributed by atoms with Gasteiger partial charge in [-0.15, -0.1) is 0 Å². The number of halogens is 9. The molecular weight excluding hydrogens is 575 g/mol. The number of benzene rings is 2. The fourth-order valence-electron chi connectivity index (χ4n) is 4.72. The summed E-state index contributed by atoms with van der Waals surface area (Å²) in [5, 5.41) is 0. The van der Waals surface area contributed by atoms with Crippen molar-refractivity contribution in [1.82, 2.24) is 4.90 Å². The highest BCUT2D eigenvalue weighted by Gasteiger charge is 2.43. The molecule has 0 N–H and O–H groups in total. The number of alkyl halides is 9. The highest BCUT2D eigenvalue weighted by atomic mass is 19.4. The van der Waals surface area contributed by atoms with Gasteiger partial charge in [-0.25, -0.2) is 4.79 Å². The van der Waals surface area contributed by atoms with Crippen LogP contribution in [0.4, 0.5) is 50.0 Å². The van der Waals surface area contributed by atoms with E-state index in [2.05, 4.69) is 0 Å². The minimum absolute atomic E-state index is 0.0705. The standard InChI is InChI=1S/C26H25F9N2O4/c1-4-41-23(39)37-19(13-40-3)11-22(20-10-16(24(27,28)29)5-6-21(20)37)36(14(2)38)12-15-7-17(25(30,31)32)9-18(8-15)26(33,34)35/h5-10,19,22H,4,11-13H2,1-3H3/t19-,22-/m0/s1. The first kappa shape index (κ1) is 32.0. The van der Waals surface area contributed by atoms with Crippen molar-refractivity contribution >= 4 is 17.7 Å². The molecule has 0 aliphatic carbocycles. The summed E-state index contributed by atoms with van der Waals surface area (Å²) in [7, 11) is 1.28.